The van der Waals surface area contributed by atoms with Crippen molar-refractivity contribution in [3.63, 3.8) is 0 Å². The van der Waals surface area contributed by atoms with Crippen LogP contribution in [-0.4, -0.2) is 7.11 Å². The van der Waals surface area contributed by atoms with Gasteiger partial charge in [0.15, 0.2) is 0 Å². The van der Waals surface area contributed by atoms with E-state index in [1.165, 1.54) is 0 Å². The molecule has 3 heteroatoms. The van der Waals surface area contributed by atoms with Gasteiger partial charge in [-0.1, -0.05) is 36.4 Å². The van der Waals surface area contributed by atoms with Gasteiger partial charge in [-0.2, -0.15) is 0 Å². The predicted octanol–water partition coefficient (Wildman–Crippen LogP) is 5.55. The summed E-state index contributed by atoms with van der Waals surface area (Å²) in [6.45, 7) is 1.97. The topological polar surface area (TPSA) is 25.6 Å². The van der Waals surface area contributed by atoms with E-state index in [0.29, 0.717) is 0 Å². The number of furan rings is 1. The summed E-state index contributed by atoms with van der Waals surface area (Å²) in [4.78, 5) is 2.12. The molecule has 0 radical (unpaired) electrons. The Labute approximate surface area is 135 Å². The van der Waals surface area contributed by atoms with Crippen LogP contribution in [0.25, 0.3) is 12.2 Å². The fourth-order valence-electron chi connectivity index (χ4n) is 2.99. The molecule has 1 aliphatic rings. The normalized spacial score (nSPS) is 12.5. The molecule has 114 valence electrons. The highest BCUT2D eigenvalue weighted by atomic mass is 16.5. The molecule has 0 N–H and O–H groups in total. The molecule has 3 aromatic rings. The van der Waals surface area contributed by atoms with Crippen molar-refractivity contribution in [1.29, 1.82) is 0 Å². The van der Waals surface area contributed by atoms with Crippen molar-refractivity contribution in [2.75, 3.05) is 12.0 Å². The van der Waals surface area contributed by atoms with Crippen LogP contribution in [0.2, 0.25) is 0 Å². The Balaban J connectivity index is 2.02. The summed E-state index contributed by atoms with van der Waals surface area (Å²) in [5.74, 6) is 2.51. The zero-order valence-corrected chi connectivity index (χ0v) is 13.1. The highest BCUT2D eigenvalue weighted by Gasteiger charge is 2.25. The minimum Gasteiger partial charge on any atom is -0.495 e. The van der Waals surface area contributed by atoms with Crippen LogP contribution < -0.4 is 9.64 Å². The summed E-state index contributed by atoms with van der Waals surface area (Å²) in [6, 6.07) is 18.3. The van der Waals surface area contributed by atoms with E-state index in [1.807, 2.05) is 43.3 Å². The average Bonchev–Trinajstić information content (AvgIpc) is 2.88. The molecule has 1 aliphatic heterocycles. The zero-order chi connectivity index (χ0) is 15.8. The van der Waals surface area contributed by atoms with E-state index in [-0.39, 0.29) is 0 Å². The third kappa shape index (κ3) is 2.21. The van der Waals surface area contributed by atoms with Gasteiger partial charge in [-0.05, 0) is 42.8 Å². The lowest BCUT2D eigenvalue weighted by Gasteiger charge is -2.25. The number of methoxy groups -OCH3 is 1. The highest BCUT2D eigenvalue weighted by Crippen LogP contribution is 2.45. The highest BCUT2D eigenvalue weighted by molar-refractivity contribution is 5.92. The summed E-state index contributed by atoms with van der Waals surface area (Å²) in [7, 11) is 1.69. The molecule has 4 rings (SSSR count). The lowest BCUT2D eigenvalue weighted by molar-refractivity contribution is 0.415. The lowest BCUT2D eigenvalue weighted by atomic mass is 10.1. The van der Waals surface area contributed by atoms with Gasteiger partial charge in [0.05, 0.1) is 18.5 Å². The number of nitrogens with zero attached hydrogens (tertiary/aromatic N) is 1. The Morgan fingerprint density at radius 1 is 0.870 bits per heavy atom. The maximum atomic E-state index is 6.03. The van der Waals surface area contributed by atoms with Crippen molar-refractivity contribution in [2.24, 2.45) is 0 Å². The SMILES string of the molecule is COc1ccccc1N1c2ccccc2C=Cc2cc(C)oc21. The van der Waals surface area contributed by atoms with E-state index < -0.39 is 0 Å². The number of anilines is 3. The van der Waals surface area contributed by atoms with Crippen LogP contribution in [0.3, 0.4) is 0 Å². The van der Waals surface area contributed by atoms with Gasteiger partial charge >= 0.3 is 0 Å². The van der Waals surface area contributed by atoms with Crippen LogP contribution in [0.1, 0.15) is 16.9 Å². The number of rotatable bonds is 2. The van der Waals surface area contributed by atoms with Crippen LogP contribution in [0.15, 0.2) is 59.0 Å². The molecule has 0 fully saturated rings. The number of hydrogen-bond donors (Lipinski definition) is 0. The van der Waals surface area contributed by atoms with Gasteiger partial charge in [0, 0.05) is 5.56 Å². The fraction of sp³-hybridized carbons (Fsp3) is 0.100. The Bertz CT molecular complexity index is 892. The Hall–Kier alpha value is -2.94. The van der Waals surface area contributed by atoms with Crippen molar-refractivity contribution in [2.45, 2.75) is 6.92 Å². The molecule has 1 aromatic heterocycles. The van der Waals surface area contributed by atoms with Crippen LogP contribution in [-0.2, 0) is 0 Å². The van der Waals surface area contributed by atoms with E-state index in [1.54, 1.807) is 7.11 Å². The quantitative estimate of drug-likeness (QED) is 0.485. The first-order valence-electron chi connectivity index (χ1n) is 7.58. The first-order chi connectivity index (χ1) is 11.3. The largest absolute Gasteiger partial charge is 0.495 e. The molecule has 2 aromatic carbocycles. The first kappa shape index (κ1) is 13.7. The second-order valence-electron chi connectivity index (χ2n) is 5.52. The number of aryl methyl sites for hydroxylation is 1. The van der Waals surface area contributed by atoms with Crippen molar-refractivity contribution in [3.05, 3.63) is 71.5 Å². The summed E-state index contributed by atoms with van der Waals surface area (Å²) in [5, 5.41) is 0. The lowest BCUT2D eigenvalue weighted by Crippen LogP contribution is -2.11. The summed E-state index contributed by atoms with van der Waals surface area (Å²) in [5.41, 5.74) is 4.23. The maximum absolute atomic E-state index is 6.03. The first-order valence-corrected chi connectivity index (χ1v) is 7.58. The third-order valence-corrected chi connectivity index (χ3v) is 4.01. The summed E-state index contributed by atoms with van der Waals surface area (Å²) in [6.07, 6.45) is 4.22. The number of para-hydroxylation sites is 3. The van der Waals surface area contributed by atoms with Crippen molar-refractivity contribution in [3.8, 4) is 5.75 Å². The van der Waals surface area contributed by atoms with E-state index in [0.717, 1.165) is 39.9 Å². The standard InChI is InChI=1S/C20H17NO2/c1-14-13-16-12-11-15-7-3-4-8-17(15)21(20(16)23-14)18-9-5-6-10-19(18)22-2/h3-13H,1-2H3. The molecule has 0 unspecified atom stereocenters. The molecular weight excluding hydrogens is 286 g/mol. The van der Waals surface area contributed by atoms with Gasteiger partial charge < -0.3 is 9.15 Å². The molecule has 0 aliphatic carbocycles. The van der Waals surface area contributed by atoms with Crippen LogP contribution in [0.4, 0.5) is 17.3 Å². The predicted molar refractivity (Wildman–Crippen MR) is 93.6 cm³/mol. The van der Waals surface area contributed by atoms with Crippen molar-refractivity contribution >= 4 is 29.4 Å². The van der Waals surface area contributed by atoms with Crippen molar-refractivity contribution < 1.29 is 9.15 Å². The Morgan fingerprint density at radius 3 is 2.39 bits per heavy atom. The number of benzene rings is 2. The molecule has 0 amide bonds. The zero-order valence-electron chi connectivity index (χ0n) is 13.1. The van der Waals surface area contributed by atoms with Gasteiger partial charge in [-0.25, -0.2) is 0 Å². The number of ether oxygens (including phenoxy) is 1. The summed E-state index contributed by atoms with van der Waals surface area (Å²) >= 11 is 0. The smallest absolute Gasteiger partial charge is 0.212 e. The minimum atomic E-state index is 0.809. The Kier molecular flexibility index (Phi) is 3.19. The molecule has 0 saturated heterocycles. The van der Waals surface area contributed by atoms with E-state index in [2.05, 4.69) is 35.3 Å². The van der Waals surface area contributed by atoms with Gasteiger partial charge in [-0.15, -0.1) is 0 Å². The van der Waals surface area contributed by atoms with E-state index in [4.69, 9.17) is 9.15 Å². The van der Waals surface area contributed by atoms with E-state index in [9.17, 15) is 0 Å². The van der Waals surface area contributed by atoms with Crippen molar-refractivity contribution in [1.82, 2.24) is 0 Å². The molecule has 0 spiro atoms. The second kappa shape index (κ2) is 5.36. The fourth-order valence-corrected chi connectivity index (χ4v) is 2.99. The average molecular weight is 303 g/mol. The van der Waals surface area contributed by atoms with E-state index >= 15 is 0 Å². The van der Waals surface area contributed by atoms with Gasteiger partial charge in [0.2, 0.25) is 5.88 Å². The van der Waals surface area contributed by atoms with Crippen LogP contribution in [0.5, 0.6) is 5.75 Å². The van der Waals surface area contributed by atoms with Gasteiger partial charge in [0.1, 0.15) is 11.5 Å². The monoisotopic (exact) mass is 303 g/mol. The molecule has 23 heavy (non-hydrogen) atoms. The molecule has 0 atom stereocenters. The molecule has 3 nitrogen and oxygen atoms in total. The van der Waals surface area contributed by atoms with Crippen LogP contribution in [0, 0.1) is 6.92 Å². The maximum Gasteiger partial charge on any atom is 0.212 e. The van der Waals surface area contributed by atoms with Gasteiger partial charge in [0.25, 0.3) is 0 Å². The van der Waals surface area contributed by atoms with Gasteiger partial charge in [-0.3, -0.25) is 4.90 Å². The molecule has 0 bridgehead atoms. The number of fused-ring (bicyclic) bond motifs is 2. The molecule has 0 saturated carbocycles. The minimum absolute atomic E-state index is 0.809. The molecular formula is C20H17NO2. The Morgan fingerprint density at radius 2 is 1.57 bits per heavy atom. The van der Waals surface area contributed by atoms with Crippen LogP contribution >= 0.6 is 0 Å². The molecule has 2 heterocycles. The third-order valence-electron chi connectivity index (χ3n) is 4.01. The number of hydrogen-bond acceptors (Lipinski definition) is 3. The summed E-state index contributed by atoms with van der Waals surface area (Å²) < 4.78 is 11.6. The second-order valence-corrected chi connectivity index (χ2v) is 5.52.